The van der Waals surface area contributed by atoms with E-state index in [-0.39, 0.29) is 0 Å². The molecule has 142 valence electrons. The van der Waals surface area contributed by atoms with Gasteiger partial charge in [0.2, 0.25) is 0 Å². The van der Waals surface area contributed by atoms with Crippen molar-refractivity contribution in [3.05, 3.63) is 65.0 Å². The van der Waals surface area contributed by atoms with E-state index in [0.29, 0.717) is 22.7 Å². The summed E-state index contributed by atoms with van der Waals surface area (Å²) in [6.45, 7) is 9.10. The predicted octanol–water partition coefficient (Wildman–Crippen LogP) is 4.63. The van der Waals surface area contributed by atoms with Gasteiger partial charge in [0.05, 0.1) is 13.0 Å². The molecule has 26 heavy (non-hydrogen) atoms. The standard InChI is InChI=1S/C8H11ClN2.C6H5Cl2N.C2H6N.C2H3N/c1-2-10-5-7-3-4-8(9)11-6-7;7-3-5-1-2-6(8)9-4-5;2*1-2-3/h3-4,6,10H,2,5H2,1H3;1-2,4H,3H2;1-3H2;1H3/q;;+1;. The van der Waals surface area contributed by atoms with Crippen LogP contribution in [-0.2, 0) is 12.4 Å². The van der Waals surface area contributed by atoms with Crippen LogP contribution in [0.3, 0.4) is 0 Å². The lowest BCUT2D eigenvalue weighted by molar-refractivity contribution is 0.724. The van der Waals surface area contributed by atoms with Crippen molar-refractivity contribution in [2.75, 3.05) is 13.1 Å². The molecule has 2 aromatic heterocycles. The molecule has 0 amide bonds. The highest BCUT2D eigenvalue weighted by Crippen LogP contribution is 2.06. The fourth-order valence-electron chi connectivity index (χ4n) is 1.27. The minimum atomic E-state index is 0.490. The summed E-state index contributed by atoms with van der Waals surface area (Å²) in [5, 5.41) is 11.6. The van der Waals surface area contributed by atoms with Crippen molar-refractivity contribution in [3.8, 4) is 6.07 Å². The van der Waals surface area contributed by atoms with Gasteiger partial charge in [-0.05, 0) is 29.8 Å². The molecule has 0 aliphatic rings. The quantitative estimate of drug-likeness (QED) is 0.430. The molecule has 0 aromatic carbocycles. The highest BCUT2D eigenvalue weighted by Gasteiger charge is 1.91. The molecule has 0 aliphatic heterocycles. The van der Waals surface area contributed by atoms with E-state index in [4.69, 9.17) is 45.8 Å². The van der Waals surface area contributed by atoms with Gasteiger partial charge >= 0.3 is 0 Å². The van der Waals surface area contributed by atoms with Crippen LogP contribution in [0.2, 0.25) is 10.3 Å². The SMILES string of the molecule is CC#N.CCNCc1ccc(Cl)nc1.ClCc1ccc(Cl)nc1.[CH2+]CN. The van der Waals surface area contributed by atoms with E-state index < -0.39 is 0 Å². The Morgan fingerprint density at radius 1 is 1.12 bits per heavy atom. The maximum atomic E-state index is 7.32. The first-order valence-corrected chi connectivity index (χ1v) is 9.05. The molecular weight excluding hydrogens is 393 g/mol. The van der Waals surface area contributed by atoms with E-state index >= 15 is 0 Å². The lowest BCUT2D eigenvalue weighted by Crippen LogP contribution is -2.11. The fraction of sp³-hybridized carbons (Fsp3) is 0.333. The molecule has 2 aromatic rings. The van der Waals surface area contributed by atoms with Crippen LogP contribution in [0.25, 0.3) is 0 Å². The molecule has 2 rings (SSSR count). The molecule has 0 saturated heterocycles. The predicted molar refractivity (Wildman–Crippen MR) is 111 cm³/mol. The van der Waals surface area contributed by atoms with Crippen LogP contribution in [0.4, 0.5) is 0 Å². The summed E-state index contributed by atoms with van der Waals surface area (Å²) in [4.78, 5) is 7.79. The second-order valence-corrected chi connectivity index (χ2v) is 5.45. The third kappa shape index (κ3) is 17.3. The van der Waals surface area contributed by atoms with E-state index in [2.05, 4.69) is 29.1 Å². The molecule has 0 spiro atoms. The van der Waals surface area contributed by atoms with Crippen LogP contribution in [-0.4, -0.2) is 23.1 Å². The zero-order valence-electron chi connectivity index (χ0n) is 15.1. The van der Waals surface area contributed by atoms with Gasteiger partial charge in [-0.3, -0.25) is 5.73 Å². The van der Waals surface area contributed by atoms with E-state index in [1.54, 1.807) is 30.6 Å². The van der Waals surface area contributed by atoms with E-state index in [1.807, 2.05) is 12.1 Å². The number of nitrogens with one attached hydrogen (secondary N) is 1. The van der Waals surface area contributed by atoms with Gasteiger partial charge < -0.3 is 5.32 Å². The molecule has 0 atom stereocenters. The number of nitrogens with zero attached hydrogens (tertiary/aromatic N) is 3. The Kier molecular flexibility index (Phi) is 20.3. The van der Waals surface area contributed by atoms with Crippen LogP contribution >= 0.6 is 34.8 Å². The fourth-order valence-corrected chi connectivity index (χ4v) is 1.65. The van der Waals surface area contributed by atoms with Gasteiger partial charge in [-0.1, -0.05) is 42.3 Å². The van der Waals surface area contributed by atoms with Gasteiger partial charge in [-0.25, -0.2) is 9.97 Å². The number of nitriles is 1. The van der Waals surface area contributed by atoms with Crippen LogP contribution in [0, 0.1) is 18.3 Å². The van der Waals surface area contributed by atoms with Crippen LogP contribution in [0.1, 0.15) is 25.0 Å². The van der Waals surface area contributed by atoms with Gasteiger partial charge in [0.1, 0.15) is 16.9 Å². The maximum absolute atomic E-state index is 7.32. The van der Waals surface area contributed by atoms with E-state index in [1.165, 1.54) is 6.92 Å². The molecule has 3 N–H and O–H groups in total. The summed E-state index contributed by atoms with van der Waals surface area (Å²) >= 11 is 16.6. The Hall–Kier alpha value is -1.55. The van der Waals surface area contributed by atoms with Gasteiger partial charge in [0.15, 0.2) is 0 Å². The number of nitrogens with two attached hydrogens (primary N) is 1. The van der Waals surface area contributed by atoms with Gasteiger partial charge in [0.25, 0.3) is 0 Å². The lowest BCUT2D eigenvalue weighted by atomic mass is 10.3. The van der Waals surface area contributed by atoms with Gasteiger partial charge in [-0.15, -0.1) is 11.6 Å². The van der Waals surface area contributed by atoms with Crippen molar-refractivity contribution >= 4 is 34.8 Å². The van der Waals surface area contributed by atoms with Crippen molar-refractivity contribution in [1.29, 1.82) is 5.26 Å². The third-order valence-corrected chi connectivity index (χ3v) is 3.07. The van der Waals surface area contributed by atoms with E-state index in [0.717, 1.165) is 24.2 Å². The molecule has 2 heterocycles. The second-order valence-electron chi connectivity index (χ2n) is 4.40. The Morgan fingerprint density at radius 2 is 1.54 bits per heavy atom. The summed E-state index contributed by atoms with van der Waals surface area (Å²) in [7, 11) is 0. The summed E-state index contributed by atoms with van der Waals surface area (Å²) in [6.07, 6.45) is 3.44. The number of halogens is 3. The number of aromatic nitrogens is 2. The zero-order valence-corrected chi connectivity index (χ0v) is 17.3. The third-order valence-electron chi connectivity index (χ3n) is 2.31. The molecule has 8 heteroatoms. The maximum Gasteiger partial charge on any atom is 0.133 e. The molecule has 0 aliphatic carbocycles. The van der Waals surface area contributed by atoms with Crippen molar-refractivity contribution < 1.29 is 0 Å². The minimum Gasteiger partial charge on any atom is -0.313 e. The average molecular weight is 418 g/mol. The number of rotatable bonds is 4. The van der Waals surface area contributed by atoms with E-state index in [9.17, 15) is 0 Å². The number of hydrogen-bond donors (Lipinski definition) is 2. The molecule has 0 saturated carbocycles. The minimum absolute atomic E-state index is 0.490. The highest BCUT2D eigenvalue weighted by molar-refractivity contribution is 6.29. The second kappa shape index (κ2) is 19.8. The lowest BCUT2D eigenvalue weighted by Gasteiger charge is -1.99. The summed E-state index contributed by atoms with van der Waals surface area (Å²) in [5.74, 6) is 0.490. The van der Waals surface area contributed by atoms with Crippen molar-refractivity contribution in [1.82, 2.24) is 15.3 Å². The molecule has 0 unspecified atom stereocenters. The van der Waals surface area contributed by atoms with Crippen LogP contribution in [0.15, 0.2) is 36.7 Å². The Balaban J connectivity index is 0. The molecular formula is C18H25Cl3N5+. The Labute approximate surface area is 171 Å². The normalized spacial score (nSPS) is 8.50. The number of hydrogen-bond acceptors (Lipinski definition) is 5. The summed E-state index contributed by atoms with van der Waals surface area (Å²) in [6, 6.07) is 9.09. The monoisotopic (exact) mass is 416 g/mol. The van der Waals surface area contributed by atoms with Crippen molar-refractivity contribution in [2.45, 2.75) is 26.3 Å². The largest absolute Gasteiger partial charge is 0.313 e. The highest BCUT2D eigenvalue weighted by atomic mass is 35.5. The van der Waals surface area contributed by atoms with Gasteiger partial charge in [0, 0.05) is 31.7 Å². The molecule has 0 radical (unpaired) electrons. The first-order valence-electron chi connectivity index (χ1n) is 7.76. The smallest absolute Gasteiger partial charge is 0.133 e. The Morgan fingerprint density at radius 3 is 1.85 bits per heavy atom. The van der Waals surface area contributed by atoms with Crippen LogP contribution in [0.5, 0.6) is 0 Å². The van der Waals surface area contributed by atoms with Crippen molar-refractivity contribution in [2.24, 2.45) is 5.73 Å². The number of pyridine rings is 2. The molecule has 5 nitrogen and oxygen atoms in total. The van der Waals surface area contributed by atoms with Crippen molar-refractivity contribution in [3.63, 3.8) is 0 Å². The first kappa shape index (κ1) is 26.7. The average Bonchev–Trinajstić information content (AvgIpc) is 2.64. The van der Waals surface area contributed by atoms with Crippen LogP contribution < -0.4 is 11.1 Å². The molecule has 0 fully saturated rings. The summed E-state index contributed by atoms with van der Waals surface area (Å²) in [5.41, 5.74) is 6.89. The first-order chi connectivity index (χ1) is 12.5. The van der Waals surface area contributed by atoms with Gasteiger partial charge in [-0.2, -0.15) is 5.26 Å². The number of alkyl halides is 1. The zero-order chi connectivity index (χ0) is 20.2. The Bertz CT molecular complexity index is 583. The topological polar surface area (TPSA) is 87.6 Å². The molecule has 0 bridgehead atoms. The summed E-state index contributed by atoms with van der Waals surface area (Å²) < 4.78 is 0.